The molecule has 0 spiro atoms. The molecule has 0 saturated heterocycles. The lowest BCUT2D eigenvalue weighted by molar-refractivity contribution is -0.0590. The van der Waals surface area contributed by atoms with Crippen LogP contribution in [0.1, 0.15) is 57.9 Å². The van der Waals surface area contributed by atoms with Crippen molar-refractivity contribution in [3.8, 4) is 5.75 Å². The number of hydrogen-bond acceptors (Lipinski definition) is 4. The summed E-state index contributed by atoms with van der Waals surface area (Å²) < 4.78 is 35.6. The maximum atomic E-state index is 14.2. The summed E-state index contributed by atoms with van der Waals surface area (Å²) in [6.45, 7) is 6.67. The molecule has 0 unspecified atom stereocenters. The second-order valence-electron chi connectivity index (χ2n) is 10.7. The molecule has 4 bridgehead atoms. The number of methoxy groups -OCH3 is 1. The summed E-state index contributed by atoms with van der Waals surface area (Å²) in [6.07, 6.45) is 6.88. The predicted octanol–water partition coefficient (Wildman–Crippen LogP) is 5.70. The van der Waals surface area contributed by atoms with Gasteiger partial charge in [-0.3, -0.25) is 0 Å². The van der Waals surface area contributed by atoms with Crippen LogP contribution in [0.2, 0.25) is 0 Å². The van der Waals surface area contributed by atoms with Crippen LogP contribution < -0.4 is 9.64 Å². The molecule has 0 atom stereocenters. The number of benzene rings is 2. The number of sulfonamides is 1. The van der Waals surface area contributed by atoms with Gasteiger partial charge >= 0.3 is 0 Å². The van der Waals surface area contributed by atoms with E-state index in [0.717, 1.165) is 37.9 Å². The van der Waals surface area contributed by atoms with Crippen LogP contribution in [0.4, 0.5) is 5.69 Å². The Morgan fingerprint density at radius 1 is 0.853 bits per heavy atom. The smallest absolute Gasteiger partial charge is 0.243 e. The van der Waals surface area contributed by atoms with E-state index < -0.39 is 10.0 Å². The van der Waals surface area contributed by atoms with Crippen molar-refractivity contribution in [3.63, 3.8) is 0 Å². The zero-order valence-electron chi connectivity index (χ0n) is 20.7. The van der Waals surface area contributed by atoms with Crippen molar-refractivity contribution in [1.82, 2.24) is 4.31 Å². The topological polar surface area (TPSA) is 49.9 Å². The highest BCUT2D eigenvalue weighted by atomic mass is 32.2. The Kier molecular flexibility index (Phi) is 6.40. The van der Waals surface area contributed by atoms with Gasteiger partial charge in [0.05, 0.1) is 12.0 Å². The zero-order valence-corrected chi connectivity index (χ0v) is 21.6. The summed E-state index contributed by atoms with van der Waals surface area (Å²) in [7, 11) is -2.05. The highest BCUT2D eigenvalue weighted by Gasteiger charge is 2.56. The predicted molar refractivity (Wildman–Crippen MR) is 137 cm³/mol. The minimum Gasteiger partial charge on any atom is -0.497 e. The number of hydrogen-bond donors (Lipinski definition) is 0. The van der Waals surface area contributed by atoms with E-state index >= 15 is 0 Å². The Labute approximate surface area is 205 Å². The van der Waals surface area contributed by atoms with Crippen molar-refractivity contribution in [2.24, 2.45) is 17.8 Å². The molecule has 0 radical (unpaired) electrons. The van der Waals surface area contributed by atoms with Crippen molar-refractivity contribution >= 4 is 15.7 Å². The molecule has 5 nitrogen and oxygen atoms in total. The van der Waals surface area contributed by atoms with E-state index in [9.17, 15) is 8.42 Å². The molecule has 4 aliphatic carbocycles. The van der Waals surface area contributed by atoms with Crippen LogP contribution in [-0.4, -0.2) is 38.5 Å². The van der Waals surface area contributed by atoms with Crippen molar-refractivity contribution in [1.29, 1.82) is 0 Å². The fourth-order valence-electron chi connectivity index (χ4n) is 7.32. The van der Waals surface area contributed by atoms with Crippen molar-refractivity contribution in [3.05, 3.63) is 54.1 Å². The standard InChI is InChI=1S/C28H38N2O3S/c1-4-29(5-2)25-8-6-21(7-9-25)20-30(34(31,32)27-12-10-26(33-3)11-13-27)28-17-22-14-23(18-28)16-24(15-22)19-28/h6-13,22-24H,4-5,14-20H2,1-3H3. The highest BCUT2D eigenvalue weighted by molar-refractivity contribution is 7.89. The molecule has 184 valence electrons. The molecule has 0 aliphatic heterocycles. The van der Waals surface area contributed by atoms with Gasteiger partial charge in [0.15, 0.2) is 0 Å². The Balaban J connectivity index is 1.51. The second kappa shape index (κ2) is 9.19. The fourth-order valence-corrected chi connectivity index (χ4v) is 9.11. The largest absolute Gasteiger partial charge is 0.497 e. The molecule has 34 heavy (non-hydrogen) atoms. The third-order valence-corrected chi connectivity index (χ3v) is 10.5. The molecule has 0 aromatic heterocycles. The fraction of sp³-hybridized carbons (Fsp3) is 0.571. The zero-order chi connectivity index (χ0) is 23.9. The van der Waals surface area contributed by atoms with Crippen LogP contribution in [0.15, 0.2) is 53.4 Å². The van der Waals surface area contributed by atoms with Crippen LogP contribution in [0, 0.1) is 17.8 Å². The molecular weight excluding hydrogens is 444 g/mol. The second-order valence-corrected chi connectivity index (χ2v) is 12.5. The van der Waals surface area contributed by atoms with Gasteiger partial charge in [0.2, 0.25) is 10.0 Å². The lowest BCUT2D eigenvalue weighted by Gasteiger charge is -2.59. The number of nitrogens with zero attached hydrogens (tertiary/aromatic N) is 2. The first kappa shape index (κ1) is 23.7. The SMILES string of the molecule is CCN(CC)c1ccc(CN(C23CC4CC(CC(C4)C2)C3)S(=O)(=O)c2ccc(OC)cc2)cc1. The quantitative estimate of drug-likeness (QED) is 0.460. The Morgan fingerprint density at radius 3 is 1.85 bits per heavy atom. The third kappa shape index (κ3) is 4.24. The molecule has 6 rings (SSSR count). The van der Waals surface area contributed by atoms with Gasteiger partial charge in [0.1, 0.15) is 5.75 Å². The molecule has 4 saturated carbocycles. The lowest BCUT2D eigenvalue weighted by Crippen LogP contribution is -2.61. The maximum Gasteiger partial charge on any atom is 0.243 e. The Bertz CT molecular complexity index is 1060. The molecule has 4 fully saturated rings. The van der Waals surface area contributed by atoms with Crippen LogP contribution in [0.5, 0.6) is 5.75 Å². The molecule has 4 aliphatic rings. The van der Waals surface area contributed by atoms with Crippen molar-refractivity contribution in [2.45, 2.75) is 69.4 Å². The first-order chi connectivity index (χ1) is 16.4. The van der Waals surface area contributed by atoms with Gasteiger partial charge in [0, 0.05) is 30.9 Å². The van der Waals surface area contributed by atoms with E-state index in [4.69, 9.17) is 4.74 Å². The maximum absolute atomic E-state index is 14.2. The van der Waals surface area contributed by atoms with Gasteiger partial charge in [-0.2, -0.15) is 4.31 Å². The Morgan fingerprint density at radius 2 is 1.38 bits per heavy atom. The van der Waals surface area contributed by atoms with Crippen molar-refractivity contribution < 1.29 is 13.2 Å². The molecule has 0 N–H and O–H groups in total. The van der Waals surface area contributed by atoms with Gasteiger partial charge in [-0.15, -0.1) is 0 Å². The minimum absolute atomic E-state index is 0.259. The molecule has 0 amide bonds. The Hall–Kier alpha value is -2.05. The normalized spacial score (nSPS) is 27.8. The lowest BCUT2D eigenvalue weighted by atomic mass is 9.53. The van der Waals surface area contributed by atoms with Crippen LogP contribution in [0.3, 0.4) is 0 Å². The third-order valence-electron chi connectivity index (χ3n) is 8.57. The molecule has 6 heteroatoms. The number of rotatable bonds is 9. The molecule has 2 aromatic rings. The first-order valence-corrected chi connectivity index (χ1v) is 14.3. The van der Waals surface area contributed by atoms with E-state index in [1.54, 1.807) is 31.4 Å². The molecule has 2 aromatic carbocycles. The van der Waals surface area contributed by atoms with Crippen LogP contribution in [0.25, 0.3) is 0 Å². The molecule has 0 heterocycles. The van der Waals surface area contributed by atoms with Gasteiger partial charge in [-0.05, 0) is 112 Å². The minimum atomic E-state index is -3.66. The van der Waals surface area contributed by atoms with E-state index in [2.05, 4.69) is 43.0 Å². The van der Waals surface area contributed by atoms with Gasteiger partial charge in [-0.25, -0.2) is 8.42 Å². The van der Waals surface area contributed by atoms with E-state index in [0.29, 0.717) is 34.9 Å². The van der Waals surface area contributed by atoms with Crippen molar-refractivity contribution in [2.75, 3.05) is 25.1 Å². The average Bonchev–Trinajstić information content (AvgIpc) is 2.83. The number of ether oxygens (including phenoxy) is 1. The average molecular weight is 483 g/mol. The summed E-state index contributed by atoms with van der Waals surface area (Å²) in [5.41, 5.74) is 1.99. The van der Waals surface area contributed by atoms with Gasteiger partial charge < -0.3 is 9.64 Å². The number of anilines is 1. The summed E-state index contributed by atoms with van der Waals surface area (Å²) in [6, 6.07) is 15.4. The first-order valence-electron chi connectivity index (χ1n) is 12.9. The van der Waals surface area contributed by atoms with Gasteiger partial charge in [-0.1, -0.05) is 12.1 Å². The van der Waals surface area contributed by atoms with E-state index in [1.807, 2.05) is 4.31 Å². The molecular formula is C28H38N2O3S. The van der Waals surface area contributed by atoms with Crippen LogP contribution in [-0.2, 0) is 16.6 Å². The summed E-state index contributed by atoms with van der Waals surface area (Å²) in [5, 5.41) is 0. The van der Waals surface area contributed by atoms with E-state index in [-0.39, 0.29) is 5.54 Å². The monoisotopic (exact) mass is 482 g/mol. The summed E-state index contributed by atoms with van der Waals surface area (Å²) >= 11 is 0. The van der Waals surface area contributed by atoms with E-state index in [1.165, 1.54) is 24.9 Å². The highest BCUT2D eigenvalue weighted by Crippen LogP contribution is 2.59. The van der Waals surface area contributed by atoms with Crippen LogP contribution >= 0.6 is 0 Å². The summed E-state index contributed by atoms with van der Waals surface area (Å²) in [4.78, 5) is 2.68. The summed E-state index contributed by atoms with van der Waals surface area (Å²) in [5.74, 6) is 2.69. The van der Waals surface area contributed by atoms with Gasteiger partial charge in [0.25, 0.3) is 0 Å².